The largest absolute Gasteiger partial charge is 0.489 e. The molecule has 3 nitrogen and oxygen atoms in total. The molecule has 0 spiro atoms. The Morgan fingerprint density at radius 1 is 1.40 bits per heavy atom. The number of ether oxygens (including phenoxy) is 1. The summed E-state index contributed by atoms with van der Waals surface area (Å²) in [6.45, 7) is 7.42. The smallest absolute Gasteiger partial charge is 0.138 e. The van der Waals surface area contributed by atoms with E-state index in [1.165, 1.54) is 12.8 Å². The van der Waals surface area contributed by atoms with E-state index in [4.69, 9.17) is 16.3 Å². The number of benzene rings is 1. The van der Waals surface area contributed by atoms with Gasteiger partial charge in [0.2, 0.25) is 0 Å². The van der Waals surface area contributed by atoms with Gasteiger partial charge in [-0.05, 0) is 58.9 Å². The lowest BCUT2D eigenvalue weighted by Crippen LogP contribution is -2.42. The Hall–Kier alpha value is -0.930. The molecular formula is C16H25ClN2O. The number of halogens is 1. The van der Waals surface area contributed by atoms with Gasteiger partial charge in [0.15, 0.2) is 0 Å². The molecule has 1 N–H and O–H groups in total. The third-order valence-corrected chi connectivity index (χ3v) is 4.17. The average molecular weight is 297 g/mol. The number of anilines is 1. The van der Waals surface area contributed by atoms with Crippen LogP contribution in [0, 0.1) is 0 Å². The third-order valence-electron chi connectivity index (χ3n) is 3.87. The Balaban J connectivity index is 1.98. The van der Waals surface area contributed by atoms with E-state index in [1.807, 2.05) is 32.0 Å². The Morgan fingerprint density at radius 3 is 2.75 bits per heavy atom. The maximum atomic E-state index is 6.27. The summed E-state index contributed by atoms with van der Waals surface area (Å²) in [7, 11) is 2.19. The molecule has 0 radical (unpaired) electrons. The van der Waals surface area contributed by atoms with E-state index in [0.717, 1.165) is 18.0 Å². The summed E-state index contributed by atoms with van der Waals surface area (Å²) in [5.41, 5.74) is 1.08. The first-order chi connectivity index (χ1) is 9.45. The Morgan fingerprint density at radius 2 is 2.15 bits per heavy atom. The fourth-order valence-electron chi connectivity index (χ4n) is 2.60. The normalized spacial score (nSPS) is 23.9. The van der Waals surface area contributed by atoms with Crippen LogP contribution in [0.25, 0.3) is 0 Å². The van der Waals surface area contributed by atoms with Crippen molar-refractivity contribution in [2.24, 2.45) is 0 Å². The summed E-state index contributed by atoms with van der Waals surface area (Å²) in [5, 5.41) is 4.26. The second-order valence-electron chi connectivity index (χ2n) is 6.01. The fourth-order valence-corrected chi connectivity index (χ4v) is 2.82. The minimum atomic E-state index is 0.140. The van der Waals surface area contributed by atoms with Gasteiger partial charge in [-0.15, -0.1) is 0 Å². The van der Waals surface area contributed by atoms with Gasteiger partial charge in [0.05, 0.1) is 11.1 Å². The topological polar surface area (TPSA) is 24.5 Å². The molecule has 2 unspecified atom stereocenters. The highest BCUT2D eigenvalue weighted by Gasteiger charge is 2.22. The zero-order valence-corrected chi connectivity index (χ0v) is 13.6. The molecule has 1 aromatic carbocycles. The van der Waals surface area contributed by atoms with E-state index in [0.29, 0.717) is 17.1 Å². The minimum absolute atomic E-state index is 0.140. The molecule has 1 saturated heterocycles. The molecule has 4 heteroatoms. The van der Waals surface area contributed by atoms with E-state index >= 15 is 0 Å². The molecule has 0 aromatic heterocycles. The van der Waals surface area contributed by atoms with Gasteiger partial charge in [-0.1, -0.05) is 11.6 Å². The van der Waals surface area contributed by atoms with E-state index in [-0.39, 0.29) is 6.10 Å². The van der Waals surface area contributed by atoms with Crippen LogP contribution >= 0.6 is 11.6 Å². The predicted octanol–water partition coefficient (Wildman–Crippen LogP) is 4.02. The van der Waals surface area contributed by atoms with Crippen LogP contribution in [-0.4, -0.2) is 36.7 Å². The molecule has 112 valence electrons. The standard InChI is InChI=1S/C16H25ClN2O/c1-11(2)20-16-6-5-13(10-15(16)17)18-14-7-8-19(4)12(3)9-14/h5-6,10-12,14,18H,7-9H2,1-4H3. The summed E-state index contributed by atoms with van der Waals surface area (Å²) in [6, 6.07) is 7.10. The van der Waals surface area contributed by atoms with E-state index in [1.54, 1.807) is 0 Å². The van der Waals surface area contributed by atoms with Crippen molar-refractivity contribution >= 4 is 17.3 Å². The molecule has 1 aliphatic heterocycles. The summed E-state index contributed by atoms with van der Waals surface area (Å²) < 4.78 is 5.65. The van der Waals surface area contributed by atoms with Crippen LogP contribution < -0.4 is 10.1 Å². The Kier molecular flexibility index (Phi) is 5.17. The highest BCUT2D eigenvalue weighted by atomic mass is 35.5. The fraction of sp³-hybridized carbons (Fsp3) is 0.625. The molecule has 1 fully saturated rings. The van der Waals surface area contributed by atoms with Crippen molar-refractivity contribution in [1.82, 2.24) is 4.90 Å². The Bertz CT molecular complexity index is 450. The quantitative estimate of drug-likeness (QED) is 0.908. The van der Waals surface area contributed by atoms with Crippen molar-refractivity contribution in [3.05, 3.63) is 23.2 Å². The second-order valence-corrected chi connectivity index (χ2v) is 6.41. The molecule has 1 aliphatic rings. The lowest BCUT2D eigenvalue weighted by molar-refractivity contribution is 0.190. The maximum absolute atomic E-state index is 6.27. The lowest BCUT2D eigenvalue weighted by Gasteiger charge is -2.35. The number of piperidine rings is 1. The maximum Gasteiger partial charge on any atom is 0.138 e. The van der Waals surface area contributed by atoms with Crippen molar-refractivity contribution in [2.75, 3.05) is 18.9 Å². The molecule has 0 amide bonds. The first-order valence-corrected chi connectivity index (χ1v) is 7.76. The second kappa shape index (κ2) is 6.68. The van der Waals surface area contributed by atoms with E-state index in [2.05, 4.69) is 24.2 Å². The molecule has 2 atom stereocenters. The van der Waals surface area contributed by atoms with Crippen molar-refractivity contribution in [2.45, 2.75) is 51.8 Å². The SMILES string of the molecule is CC(C)Oc1ccc(NC2CCN(C)C(C)C2)cc1Cl. The number of nitrogens with zero attached hydrogens (tertiary/aromatic N) is 1. The van der Waals surface area contributed by atoms with E-state index < -0.39 is 0 Å². The molecule has 1 heterocycles. The zero-order chi connectivity index (χ0) is 14.7. The number of rotatable bonds is 4. The van der Waals surface area contributed by atoms with Gasteiger partial charge < -0.3 is 15.0 Å². The van der Waals surface area contributed by atoms with Crippen LogP contribution in [0.1, 0.15) is 33.6 Å². The number of likely N-dealkylation sites (tertiary alicyclic amines) is 1. The summed E-state index contributed by atoms with van der Waals surface area (Å²) >= 11 is 6.27. The molecule has 0 aliphatic carbocycles. The first kappa shape index (κ1) is 15.5. The van der Waals surface area contributed by atoms with Crippen LogP contribution in [0.3, 0.4) is 0 Å². The van der Waals surface area contributed by atoms with E-state index in [9.17, 15) is 0 Å². The van der Waals surface area contributed by atoms with Gasteiger partial charge >= 0.3 is 0 Å². The van der Waals surface area contributed by atoms with Crippen molar-refractivity contribution in [3.63, 3.8) is 0 Å². The van der Waals surface area contributed by atoms with Gasteiger partial charge in [-0.25, -0.2) is 0 Å². The average Bonchev–Trinajstić information content (AvgIpc) is 2.37. The zero-order valence-electron chi connectivity index (χ0n) is 12.8. The molecule has 2 rings (SSSR count). The summed E-state index contributed by atoms with van der Waals surface area (Å²) in [6.07, 6.45) is 2.47. The highest BCUT2D eigenvalue weighted by Crippen LogP contribution is 2.29. The van der Waals surface area contributed by atoms with Gasteiger partial charge in [-0.2, -0.15) is 0 Å². The predicted molar refractivity (Wildman–Crippen MR) is 86.0 cm³/mol. The van der Waals surface area contributed by atoms with Gasteiger partial charge in [0, 0.05) is 24.3 Å². The molecule has 0 bridgehead atoms. The van der Waals surface area contributed by atoms with Crippen molar-refractivity contribution in [3.8, 4) is 5.75 Å². The first-order valence-electron chi connectivity index (χ1n) is 7.38. The lowest BCUT2D eigenvalue weighted by atomic mass is 9.99. The van der Waals surface area contributed by atoms with Crippen LogP contribution in [0.15, 0.2) is 18.2 Å². The molecule has 20 heavy (non-hydrogen) atoms. The highest BCUT2D eigenvalue weighted by molar-refractivity contribution is 6.32. The molecular weight excluding hydrogens is 272 g/mol. The van der Waals surface area contributed by atoms with Gasteiger partial charge in [0.25, 0.3) is 0 Å². The van der Waals surface area contributed by atoms with Gasteiger partial charge in [-0.3, -0.25) is 0 Å². The number of nitrogens with one attached hydrogen (secondary N) is 1. The van der Waals surface area contributed by atoms with Crippen molar-refractivity contribution in [1.29, 1.82) is 0 Å². The summed E-state index contributed by atoms with van der Waals surface area (Å²) in [5.74, 6) is 0.754. The van der Waals surface area contributed by atoms with Crippen LogP contribution in [0.4, 0.5) is 5.69 Å². The van der Waals surface area contributed by atoms with Gasteiger partial charge in [0.1, 0.15) is 5.75 Å². The molecule has 1 aromatic rings. The number of hydrogen-bond acceptors (Lipinski definition) is 3. The van der Waals surface area contributed by atoms with Crippen LogP contribution in [0.5, 0.6) is 5.75 Å². The van der Waals surface area contributed by atoms with Crippen LogP contribution in [-0.2, 0) is 0 Å². The number of hydrogen-bond donors (Lipinski definition) is 1. The monoisotopic (exact) mass is 296 g/mol. The third kappa shape index (κ3) is 4.03. The Labute approximate surface area is 127 Å². The minimum Gasteiger partial charge on any atom is -0.489 e. The summed E-state index contributed by atoms with van der Waals surface area (Å²) in [4.78, 5) is 2.41. The van der Waals surface area contributed by atoms with Crippen molar-refractivity contribution < 1.29 is 4.74 Å². The molecule has 0 saturated carbocycles. The van der Waals surface area contributed by atoms with Crippen LogP contribution in [0.2, 0.25) is 5.02 Å².